The van der Waals surface area contributed by atoms with E-state index in [-0.39, 0.29) is 12.5 Å². The molecule has 0 atom stereocenters. The van der Waals surface area contributed by atoms with Crippen LogP contribution in [0.25, 0.3) is 11.3 Å². The number of nitrogens with one attached hydrogen (secondary N) is 1. The predicted octanol–water partition coefficient (Wildman–Crippen LogP) is 3.15. The van der Waals surface area contributed by atoms with E-state index in [1.54, 1.807) is 13.1 Å². The van der Waals surface area contributed by atoms with Gasteiger partial charge in [-0.25, -0.2) is 13.1 Å². The summed E-state index contributed by atoms with van der Waals surface area (Å²) < 4.78 is 71.1. The Morgan fingerprint density at radius 2 is 2.00 bits per heavy atom. The van der Waals surface area contributed by atoms with E-state index in [0.717, 1.165) is 25.0 Å². The van der Waals surface area contributed by atoms with Gasteiger partial charge in [-0.2, -0.15) is 5.26 Å². The Morgan fingerprint density at radius 1 is 1.30 bits per heavy atom. The second kappa shape index (κ2) is 6.90. The van der Waals surface area contributed by atoms with Crippen molar-refractivity contribution < 1.29 is 26.3 Å². The van der Waals surface area contributed by atoms with Crippen molar-refractivity contribution in [2.75, 3.05) is 6.54 Å². The second-order valence-electron chi connectivity index (χ2n) is 6.28. The second-order valence-corrected chi connectivity index (χ2v) is 8.01. The van der Waals surface area contributed by atoms with Gasteiger partial charge in [0.15, 0.2) is 0 Å². The van der Waals surface area contributed by atoms with E-state index < -0.39 is 27.0 Å². The van der Waals surface area contributed by atoms with Gasteiger partial charge in [0.2, 0.25) is 10.0 Å². The number of hydrogen-bond acceptors (Lipinski definition) is 4. The Bertz CT molecular complexity index is 1000. The molecule has 0 aliphatic heterocycles. The summed E-state index contributed by atoms with van der Waals surface area (Å²) in [6.07, 6.45) is -3.27. The van der Waals surface area contributed by atoms with Crippen LogP contribution in [0.3, 0.4) is 0 Å². The number of hydrogen-bond donors (Lipinski definition) is 1. The Balaban J connectivity index is 2.03. The van der Waals surface area contributed by atoms with Gasteiger partial charge in [0, 0.05) is 24.8 Å². The zero-order valence-electron chi connectivity index (χ0n) is 14.2. The third kappa shape index (κ3) is 4.43. The molecule has 1 fully saturated rings. The highest BCUT2D eigenvalue weighted by Crippen LogP contribution is 2.35. The molecule has 0 amide bonds. The van der Waals surface area contributed by atoms with Gasteiger partial charge in [-0.3, -0.25) is 0 Å². The molecule has 1 aliphatic carbocycles. The predicted molar refractivity (Wildman–Crippen MR) is 90.2 cm³/mol. The Morgan fingerprint density at radius 3 is 2.56 bits per heavy atom. The minimum Gasteiger partial charge on any atom is -0.404 e. The maximum atomic E-state index is 12.8. The molecule has 6 nitrogen and oxygen atoms in total. The zero-order valence-corrected chi connectivity index (χ0v) is 15.1. The standard InChI is InChI=1S/C17H16F3N3O3S/c1-23-13(9-21)5-6-14(23)12-4-7-16(15(8-12)26-17(18,19)20)27(24,25)22-10-11-2-3-11/h4-8,11,22H,2-3,10H2,1H3. The van der Waals surface area contributed by atoms with Crippen molar-refractivity contribution in [2.45, 2.75) is 24.1 Å². The number of aromatic nitrogens is 1. The van der Waals surface area contributed by atoms with E-state index in [0.29, 0.717) is 17.0 Å². The third-order valence-corrected chi connectivity index (χ3v) is 5.71. The smallest absolute Gasteiger partial charge is 0.404 e. The van der Waals surface area contributed by atoms with Crippen molar-refractivity contribution in [1.82, 2.24) is 9.29 Å². The summed E-state index contributed by atoms with van der Waals surface area (Å²) in [6.45, 7) is 0.179. The third-order valence-electron chi connectivity index (χ3n) is 4.25. The van der Waals surface area contributed by atoms with Crippen LogP contribution in [0.1, 0.15) is 18.5 Å². The minimum absolute atomic E-state index is 0.179. The summed E-state index contributed by atoms with van der Waals surface area (Å²) in [5.41, 5.74) is 1.05. The van der Waals surface area contributed by atoms with Gasteiger partial charge in [-0.05, 0) is 43.0 Å². The summed E-state index contributed by atoms with van der Waals surface area (Å²) in [6, 6.07) is 8.49. The van der Waals surface area contributed by atoms with Crippen molar-refractivity contribution >= 4 is 10.0 Å². The van der Waals surface area contributed by atoms with E-state index >= 15 is 0 Å². The maximum Gasteiger partial charge on any atom is 0.573 e. The lowest BCUT2D eigenvalue weighted by Gasteiger charge is -2.16. The molecule has 1 saturated carbocycles. The van der Waals surface area contributed by atoms with E-state index in [1.165, 1.54) is 16.7 Å². The molecule has 144 valence electrons. The topological polar surface area (TPSA) is 84.1 Å². The zero-order chi connectivity index (χ0) is 19.8. The van der Waals surface area contributed by atoms with Crippen LogP contribution in [-0.2, 0) is 17.1 Å². The average Bonchev–Trinajstić information content (AvgIpc) is 3.33. The highest BCUT2D eigenvalue weighted by molar-refractivity contribution is 7.89. The molecule has 3 rings (SSSR count). The summed E-state index contributed by atoms with van der Waals surface area (Å²) in [5, 5.41) is 9.01. The molecule has 1 aliphatic rings. The first kappa shape index (κ1) is 19.3. The monoisotopic (exact) mass is 399 g/mol. The molecule has 0 radical (unpaired) electrons. The molecular weight excluding hydrogens is 383 g/mol. The minimum atomic E-state index is -5.05. The molecule has 27 heavy (non-hydrogen) atoms. The number of alkyl halides is 3. The molecule has 10 heteroatoms. The van der Waals surface area contributed by atoms with Crippen LogP contribution < -0.4 is 9.46 Å². The Labute approximate surface area is 154 Å². The largest absolute Gasteiger partial charge is 0.573 e. The fraction of sp³-hybridized carbons (Fsp3) is 0.353. The molecule has 1 aromatic carbocycles. The van der Waals surface area contributed by atoms with Crippen molar-refractivity contribution in [2.24, 2.45) is 13.0 Å². The SMILES string of the molecule is Cn1c(C#N)ccc1-c1ccc(S(=O)(=O)NCC2CC2)c(OC(F)(F)F)c1. The van der Waals surface area contributed by atoms with Gasteiger partial charge in [0.25, 0.3) is 0 Å². The van der Waals surface area contributed by atoms with Gasteiger partial charge in [-0.1, -0.05) is 6.07 Å². The van der Waals surface area contributed by atoms with Crippen LogP contribution >= 0.6 is 0 Å². The average molecular weight is 399 g/mol. The number of nitrogens with zero attached hydrogens (tertiary/aromatic N) is 2. The van der Waals surface area contributed by atoms with Crippen LogP contribution in [0.15, 0.2) is 35.2 Å². The molecular formula is C17H16F3N3O3S. The van der Waals surface area contributed by atoms with E-state index in [1.807, 2.05) is 6.07 Å². The molecule has 2 aromatic rings. The lowest BCUT2D eigenvalue weighted by atomic mass is 10.1. The first-order chi connectivity index (χ1) is 12.6. The molecule has 0 spiro atoms. The number of sulfonamides is 1. The van der Waals surface area contributed by atoms with Crippen molar-refractivity contribution in [3.8, 4) is 23.1 Å². The van der Waals surface area contributed by atoms with Crippen molar-refractivity contribution in [1.29, 1.82) is 5.26 Å². The van der Waals surface area contributed by atoms with E-state index in [2.05, 4.69) is 9.46 Å². The number of benzene rings is 1. The highest BCUT2D eigenvalue weighted by atomic mass is 32.2. The van der Waals surface area contributed by atoms with Crippen molar-refractivity contribution in [3.05, 3.63) is 36.0 Å². The van der Waals surface area contributed by atoms with E-state index in [4.69, 9.17) is 5.26 Å². The fourth-order valence-electron chi connectivity index (χ4n) is 2.63. The Hall–Kier alpha value is -2.51. The van der Waals surface area contributed by atoms with Crippen LogP contribution in [0.5, 0.6) is 5.75 Å². The first-order valence-corrected chi connectivity index (χ1v) is 9.54. The molecule has 1 aromatic heterocycles. The molecule has 0 bridgehead atoms. The molecule has 0 unspecified atom stereocenters. The summed E-state index contributed by atoms with van der Waals surface area (Å²) >= 11 is 0. The maximum absolute atomic E-state index is 12.8. The Kier molecular flexibility index (Phi) is 4.92. The highest BCUT2D eigenvalue weighted by Gasteiger charge is 2.35. The number of halogens is 3. The van der Waals surface area contributed by atoms with Crippen LogP contribution in [-0.4, -0.2) is 25.9 Å². The van der Waals surface area contributed by atoms with Gasteiger partial charge in [0.1, 0.15) is 22.4 Å². The van der Waals surface area contributed by atoms with Crippen LogP contribution in [0.2, 0.25) is 0 Å². The summed E-state index contributed by atoms with van der Waals surface area (Å²) in [4.78, 5) is -0.584. The lowest BCUT2D eigenvalue weighted by molar-refractivity contribution is -0.275. The molecule has 0 saturated heterocycles. The number of ether oxygens (including phenoxy) is 1. The van der Waals surface area contributed by atoms with Crippen molar-refractivity contribution in [3.63, 3.8) is 0 Å². The number of rotatable bonds is 6. The van der Waals surface area contributed by atoms with Gasteiger partial charge < -0.3 is 9.30 Å². The molecule has 1 heterocycles. The van der Waals surface area contributed by atoms with E-state index in [9.17, 15) is 21.6 Å². The van der Waals surface area contributed by atoms with Gasteiger partial charge in [0.05, 0.1) is 0 Å². The number of nitriles is 1. The lowest BCUT2D eigenvalue weighted by Crippen LogP contribution is -2.27. The molecule has 1 N–H and O–H groups in total. The summed E-state index contributed by atoms with van der Waals surface area (Å²) in [5.74, 6) is -0.596. The quantitative estimate of drug-likeness (QED) is 0.809. The normalized spacial score (nSPS) is 14.8. The van der Waals surface area contributed by atoms with Crippen LogP contribution in [0.4, 0.5) is 13.2 Å². The van der Waals surface area contributed by atoms with Gasteiger partial charge >= 0.3 is 6.36 Å². The summed E-state index contributed by atoms with van der Waals surface area (Å²) in [7, 11) is -2.58. The van der Waals surface area contributed by atoms with Gasteiger partial charge in [-0.15, -0.1) is 13.2 Å². The fourth-order valence-corrected chi connectivity index (χ4v) is 3.86. The first-order valence-electron chi connectivity index (χ1n) is 8.06. The van der Waals surface area contributed by atoms with Crippen LogP contribution in [0, 0.1) is 17.2 Å².